The smallest absolute Gasteiger partial charge is 0.324 e. The largest absolute Gasteiger partial charge is 0.491 e. The van der Waals surface area contributed by atoms with E-state index in [4.69, 9.17) is 10.00 Å². The number of likely N-dealkylation sites (tertiary alicyclic amines) is 2. The Kier molecular flexibility index (Phi) is 7.19. The molecule has 3 atom stereocenters. The third-order valence-corrected chi connectivity index (χ3v) is 5.74. The van der Waals surface area contributed by atoms with Gasteiger partial charge in [-0.2, -0.15) is 5.26 Å². The number of benzene rings is 1. The third kappa shape index (κ3) is 6.42. The number of urea groups is 1. The molecule has 8 nitrogen and oxygen atoms in total. The molecule has 3 unspecified atom stereocenters. The fraction of sp³-hybridized carbons (Fsp3) is 0.609. The van der Waals surface area contributed by atoms with Crippen LogP contribution in [0, 0.1) is 28.6 Å². The first kappa shape index (κ1) is 23.0. The molecule has 3 amide bonds. The number of aliphatic hydroxyl groups excluding tert-OH is 1. The fourth-order valence-electron chi connectivity index (χ4n) is 4.24. The van der Waals surface area contributed by atoms with Gasteiger partial charge >= 0.3 is 6.03 Å². The van der Waals surface area contributed by atoms with Gasteiger partial charge in [-0.25, -0.2) is 4.79 Å². The van der Waals surface area contributed by atoms with Crippen molar-refractivity contribution < 1.29 is 19.4 Å². The molecule has 8 heteroatoms. The summed E-state index contributed by atoms with van der Waals surface area (Å²) < 4.78 is 5.64. The van der Waals surface area contributed by atoms with Gasteiger partial charge in [-0.05, 0) is 42.5 Å². The average molecular weight is 429 g/mol. The van der Waals surface area contributed by atoms with Crippen LogP contribution in [0.25, 0.3) is 0 Å². The van der Waals surface area contributed by atoms with E-state index in [0.717, 1.165) is 19.5 Å². The maximum atomic E-state index is 12.5. The molecule has 31 heavy (non-hydrogen) atoms. The minimum Gasteiger partial charge on any atom is -0.491 e. The summed E-state index contributed by atoms with van der Waals surface area (Å²) in [6, 6.07) is 8.57. The second-order valence-electron chi connectivity index (χ2n) is 9.70. The van der Waals surface area contributed by atoms with Crippen LogP contribution in [-0.2, 0) is 4.79 Å². The zero-order valence-electron chi connectivity index (χ0n) is 18.5. The van der Waals surface area contributed by atoms with Crippen molar-refractivity contribution in [2.45, 2.75) is 33.3 Å². The summed E-state index contributed by atoms with van der Waals surface area (Å²) in [5.41, 5.74) is -0.0353. The number of aliphatic hydroxyl groups is 1. The number of carbonyl (C=O) groups is 2. The van der Waals surface area contributed by atoms with E-state index in [2.05, 4.69) is 16.3 Å². The summed E-state index contributed by atoms with van der Waals surface area (Å²) in [5.74, 6) is 1.02. The Balaban J connectivity index is 1.44. The lowest BCUT2D eigenvalue weighted by atomic mass is 9.84. The predicted molar refractivity (Wildman–Crippen MR) is 115 cm³/mol. The zero-order chi connectivity index (χ0) is 22.6. The van der Waals surface area contributed by atoms with E-state index in [1.54, 1.807) is 49.9 Å². The van der Waals surface area contributed by atoms with Gasteiger partial charge in [0, 0.05) is 38.1 Å². The van der Waals surface area contributed by atoms with Crippen LogP contribution in [0.5, 0.6) is 5.75 Å². The molecule has 3 rings (SSSR count). The molecule has 2 aliphatic rings. The first-order valence-corrected chi connectivity index (χ1v) is 10.8. The number of nitrogens with one attached hydrogen (secondary N) is 1. The number of β-amino-alcohol motifs (C(OH)–C–C–N with tert-alkyl or cyclic N) is 1. The van der Waals surface area contributed by atoms with E-state index < -0.39 is 11.5 Å². The number of ether oxygens (including phenoxy) is 1. The molecule has 2 aliphatic heterocycles. The number of nitrogens with zero attached hydrogens (tertiary/aromatic N) is 3. The molecular weight excluding hydrogens is 396 g/mol. The van der Waals surface area contributed by atoms with Crippen LogP contribution in [-0.4, -0.2) is 72.3 Å². The zero-order valence-corrected chi connectivity index (χ0v) is 18.5. The Morgan fingerprint density at radius 2 is 1.81 bits per heavy atom. The lowest BCUT2D eigenvalue weighted by molar-refractivity contribution is -0.127. The van der Waals surface area contributed by atoms with Gasteiger partial charge < -0.3 is 14.7 Å². The van der Waals surface area contributed by atoms with Crippen molar-refractivity contribution in [2.24, 2.45) is 17.3 Å². The van der Waals surface area contributed by atoms with Crippen molar-refractivity contribution in [2.75, 3.05) is 39.3 Å². The number of hydrogen-bond donors (Lipinski definition) is 2. The maximum Gasteiger partial charge on any atom is 0.324 e. The van der Waals surface area contributed by atoms with Gasteiger partial charge in [-0.3, -0.25) is 15.0 Å². The monoisotopic (exact) mass is 428 g/mol. The van der Waals surface area contributed by atoms with Crippen LogP contribution in [0.4, 0.5) is 4.79 Å². The summed E-state index contributed by atoms with van der Waals surface area (Å²) in [6.45, 7) is 8.91. The van der Waals surface area contributed by atoms with Crippen LogP contribution in [0.15, 0.2) is 24.3 Å². The first-order valence-electron chi connectivity index (χ1n) is 10.8. The van der Waals surface area contributed by atoms with Gasteiger partial charge in [-0.1, -0.05) is 20.8 Å². The van der Waals surface area contributed by atoms with E-state index in [1.807, 2.05) is 0 Å². The minimum absolute atomic E-state index is 0.182. The Morgan fingerprint density at radius 1 is 1.19 bits per heavy atom. The molecule has 2 bridgehead atoms. The van der Waals surface area contributed by atoms with Crippen LogP contribution < -0.4 is 10.1 Å². The molecule has 1 aromatic carbocycles. The van der Waals surface area contributed by atoms with Crippen LogP contribution in [0.1, 0.15) is 32.8 Å². The highest BCUT2D eigenvalue weighted by molar-refractivity contribution is 5.96. The van der Waals surface area contributed by atoms with E-state index >= 15 is 0 Å². The molecule has 1 aromatic rings. The highest BCUT2D eigenvalue weighted by Crippen LogP contribution is 2.29. The van der Waals surface area contributed by atoms with Gasteiger partial charge in [0.25, 0.3) is 0 Å². The lowest BCUT2D eigenvalue weighted by Crippen LogP contribution is -2.58. The Labute approximate surface area is 183 Å². The first-order chi connectivity index (χ1) is 14.6. The molecule has 2 saturated heterocycles. The van der Waals surface area contributed by atoms with Gasteiger partial charge in [0.05, 0.1) is 11.6 Å². The van der Waals surface area contributed by atoms with Crippen LogP contribution in [0.3, 0.4) is 0 Å². The van der Waals surface area contributed by atoms with Gasteiger partial charge in [-0.15, -0.1) is 0 Å². The standard InChI is InChI=1S/C23H32N4O4/c1-23(2,3)21(29)25-22(30)27-12-17-8-18(13-27)11-26(10-17)14-19(28)15-31-20-6-4-16(9-24)5-7-20/h4-7,17-19,28H,8,10-15H2,1-3H3,(H,25,29,30). The molecule has 2 N–H and O–H groups in total. The summed E-state index contributed by atoms with van der Waals surface area (Å²) in [5, 5.41) is 21.8. The quantitative estimate of drug-likeness (QED) is 0.741. The summed E-state index contributed by atoms with van der Waals surface area (Å²) in [4.78, 5) is 28.6. The van der Waals surface area contributed by atoms with Gasteiger partial charge in [0.2, 0.25) is 5.91 Å². The highest BCUT2D eigenvalue weighted by Gasteiger charge is 2.37. The number of amides is 3. The summed E-state index contributed by atoms with van der Waals surface area (Å²) in [7, 11) is 0. The number of carbonyl (C=O) groups excluding carboxylic acids is 2. The fourth-order valence-corrected chi connectivity index (χ4v) is 4.24. The minimum atomic E-state index is -0.627. The maximum absolute atomic E-state index is 12.5. The molecule has 0 saturated carbocycles. The molecule has 0 aliphatic carbocycles. The van der Waals surface area contributed by atoms with Crippen molar-refractivity contribution in [3.05, 3.63) is 29.8 Å². The molecule has 0 aromatic heterocycles. The second kappa shape index (κ2) is 9.67. The molecular formula is C23H32N4O4. The van der Waals surface area contributed by atoms with E-state index in [-0.39, 0.29) is 18.5 Å². The van der Waals surface area contributed by atoms with Crippen molar-refractivity contribution in [1.29, 1.82) is 5.26 Å². The lowest BCUT2D eigenvalue weighted by Gasteiger charge is -2.46. The van der Waals surface area contributed by atoms with Crippen LogP contribution >= 0.6 is 0 Å². The van der Waals surface area contributed by atoms with Crippen molar-refractivity contribution >= 4 is 11.9 Å². The number of hydrogen-bond acceptors (Lipinski definition) is 6. The summed E-state index contributed by atoms with van der Waals surface area (Å²) in [6.07, 6.45) is 0.434. The number of nitriles is 1. The van der Waals surface area contributed by atoms with Gasteiger partial charge in [0.15, 0.2) is 0 Å². The number of fused-ring (bicyclic) bond motifs is 2. The third-order valence-electron chi connectivity index (χ3n) is 5.74. The number of piperidine rings is 2. The topological polar surface area (TPSA) is 106 Å². The second-order valence-corrected chi connectivity index (χ2v) is 9.70. The number of rotatable bonds is 5. The van der Waals surface area contributed by atoms with Crippen molar-refractivity contribution in [3.8, 4) is 11.8 Å². The molecule has 0 radical (unpaired) electrons. The van der Waals surface area contributed by atoms with E-state index in [1.165, 1.54) is 0 Å². The average Bonchev–Trinajstić information content (AvgIpc) is 2.71. The predicted octanol–water partition coefficient (Wildman–Crippen LogP) is 1.83. The van der Waals surface area contributed by atoms with Gasteiger partial charge in [0.1, 0.15) is 18.5 Å². The Hall–Kier alpha value is -2.63. The molecule has 0 spiro atoms. The molecule has 168 valence electrons. The Morgan fingerprint density at radius 3 is 2.35 bits per heavy atom. The van der Waals surface area contributed by atoms with E-state index in [9.17, 15) is 14.7 Å². The van der Waals surface area contributed by atoms with Crippen LogP contribution in [0.2, 0.25) is 0 Å². The summed E-state index contributed by atoms with van der Waals surface area (Å²) >= 11 is 0. The molecule has 2 heterocycles. The SMILES string of the molecule is CC(C)(C)C(=O)NC(=O)N1CC2CC(CN(CC(O)COc3ccc(C#N)cc3)C2)C1. The van der Waals surface area contributed by atoms with Crippen molar-refractivity contribution in [1.82, 2.24) is 15.1 Å². The molecule has 2 fully saturated rings. The normalized spacial score (nSPS) is 22.4. The van der Waals surface area contributed by atoms with Crippen molar-refractivity contribution in [3.63, 3.8) is 0 Å². The Bertz CT molecular complexity index is 813. The number of imide groups is 1. The highest BCUT2D eigenvalue weighted by atomic mass is 16.5. The van der Waals surface area contributed by atoms with E-state index in [0.29, 0.717) is 42.8 Å².